The van der Waals surface area contributed by atoms with E-state index in [1.165, 1.54) is 19.9 Å². The molecule has 0 aromatic heterocycles. The molecule has 1 aromatic rings. The average Bonchev–Trinajstić information content (AvgIpc) is 2.02. The summed E-state index contributed by atoms with van der Waals surface area (Å²) < 4.78 is 13.0. The quantitative estimate of drug-likeness (QED) is 0.415. The van der Waals surface area contributed by atoms with Crippen molar-refractivity contribution in [2.45, 2.75) is 13.8 Å². The number of nitro benzene ring substituents is 1. The van der Waals surface area contributed by atoms with Gasteiger partial charge in [0.15, 0.2) is 5.78 Å². The Kier molecular flexibility index (Phi) is 2.60. The van der Waals surface area contributed by atoms with Crippen LogP contribution in [0.2, 0.25) is 0 Å². The molecule has 0 bridgehead atoms. The number of nitro groups is 1. The highest BCUT2D eigenvalue weighted by Crippen LogP contribution is 2.25. The maximum absolute atomic E-state index is 13.0. The SMILES string of the molecule is CC(=O)c1ccc(F)c([N+](=O)[O-])c1C. The molecule has 0 aliphatic heterocycles. The topological polar surface area (TPSA) is 60.2 Å². The minimum Gasteiger partial charge on any atom is -0.294 e. The van der Waals surface area contributed by atoms with E-state index < -0.39 is 16.4 Å². The Morgan fingerprint density at radius 2 is 2.07 bits per heavy atom. The molecule has 5 heteroatoms. The van der Waals surface area contributed by atoms with Crippen molar-refractivity contribution in [3.05, 3.63) is 39.2 Å². The number of hydrogen-bond donors (Lipinski definition) is 0. The molecule has 0 saturated heterocycles. The number of rotatable bonds is 2. The maximum atomic E-state index is 13.0. The van der Waals surface area contributed by atoms with Crippen LogP contribution in [0.4, 0.5) is 10.1 Å². The van der Waals surface area contributed by atoms with Crippen LogP contribution in [0, 0.1) is 22.9 Å². The Hall–Kier alpha value is -1.78. The zero-order valence-electron chi connectivity index (χ0n) is 7.70. The first-order valence-corrected chi connectivity index (χ1v) is 3.89. The second-order valence-electron chi connectivity index (χ2n) is 2.88. The van der Waals surface area contributed by atoms with Crippen molar-refractivity contribution in [2.75, 3.05) is 0 Å². The maximum Gasteiger partial charge on any atom is 0.308 e. The van der Waals surface area contributed by atoms with Gasteiger partial charge in [0.05, 0.1) is 4.92 Å². The molecule has 0 heterocycles. The number of carbonyl (C=O) groups excluding carboxylic acids is 1. The van der Waals surface area contributed by atoms with Crippen molar-refractivity contribution < 1.29 is 14.1 Å². The number of Topliss-reactive ketones (excluding diaryl/α,β-unsaturated/α-hetero) is 1. The van der Waals surface area contributed by atoms with E-state index in [1.807, 2.05) is 0 Å². The molecule has 0 fully saturated rings. The number of hydrogen-bond acceptors (Lipinski definition) is 3. The zero-order valence-corrected chi connectivity index (χ0v) is 7.70. The van der Waals surface area contributed by atoms with Crippen LogP contribution in [-0.4, -0.2) is 10.7 Å². The summed E-state index contributed by atoms with van der Waals surface area (Å²) in [5.74, 6) is -1.23. The summed E-state index contributed by atoms with van der Waals surface area (Å²) in [6.07, 6.45) is 0. The molecule has 1 rings (SSSR count). The summed E-state index contributed by atoms with van der Waals surface area (Å²) in [6, 6.07) is 2.18. The minimum absolute atomic E-state index is 0.0718. The largest absolute Gasteiger partial charge is 0.308 e. The summed E-state index contributed by atoms with van der Waals surface area (Å²) in [7, 11) is 0. The fourth-order valence-corrected chi connectivity index (χ4v) is 1.27. The number of halogens is 1. The van der Waals surface area contributed by atoms with Gasteiger partial charge < -0.3 is 0 Å². The zero-order chi connectivity index (χ0) is 10.9. The van der Waals surface area contributed by atoms with Gasteiger partial charge in [-0.25, -0.2) is 0 Å². The molecular weight excluding hydrogens is 189 g/mol. The van der Waals surface area contributed by atoms with Gasteiger partial charge in [-0.2, -0.15) is 4.39 Å². The van der Waals surface area contributed by atoms with Crippen LogP contribution in [0.25, 0.3) is 0 Å². The molecule has 0 radical (unpaired) electrons. The lowest BCUT2D eigenvalue weighted by atomic mass is 10.0. The van der Waals surface area contributed by atoms with Crippen LogP contribution >= 0.6 is 0 Å². The first-order chi connectivity index (χ1) is 6.45. The normalized spacial score (nSPS) is 9.93. The Morgan fingerprint density at radius 3 is 2.50 bits per heavy atom. The van der Waals surface area contributed by atoms with E-state index in [2.05, 4.69) is 0 Å². The van der Waals surface area contributed by atoms with Crippen LogP contribution in [0.3, 0.4) is 0 Å². The van der Waals surface area contributed by atoms with Crippen LogP contribution in [0.5, 0.6) is 0 Å². The number of carbonyl (C=O) groups is 1. The third kappa shape index (κ3) is 1.61. The van der Waals surface area contributed by atoms with Crippen molar-refractivity contribution in [3.8, 4) is 0 Å². The molecule has 0 atom stereocenters. The molecule has 74 valence electrons. The number of nitrogens with zero attached hydrogens (tertiary/aromatic N) is 1. The standard InChI is InChI=1S/C9H8FNO3/c1-5-7(6(2)12)3-4-8(10)9(5)11(13)14/h3-4H,1-2H3. The second-order valence-corrected chi connectivity index (χ2v) is 2.88. The fourth-order valence-electron chi connectivity index (χ4n) is 1.27. The molecule has 0 spiro atoms. The lowest BCUT2D eigenvalue weighted by Crippen LogP contribution is -2.02. The van der Waals surface area contributed by atoms with E-state index >= 15 is 0 Å². The molecular formula is C9H8FNO3. The Morgan fingerprint density at radius 1 is 1.50 bits per heavy atom. The first kappa shape index (κ1) is 10.3. The highest BCUT2D eigenvalue weighted by molar-refractivity contribution is 5.96. The van der Waals surface area contributed by atoms with Gasteiger partial charge >= 0.3 is 5.69 Å². The van der Waals surface area contributed by atoms with Crippen LogP contribution in [0.1, 0.15) is 22.8 Å². The van der Waals surface area contributed by atoms with Crippen molar-refractivity contribution >= 4 is 11.5 Å². The first-order valence-electron chi connectivity index (χ1n) is 3.89. The van der Waals surface area contributed by atoms with Gasteiger partial charge in [-0.1, -0.05) is 0 Å². The lowest BCUT2D eigenvalue weighted by molar-refractivity contribution is -0.388. The van der Waals surface area contributed by atoms with E-state index in [-0.39, 0.29) is 16.9 Å². The predicted molar refractivity (Wildman–Crippen MR) is 47.8 cm³/mol. The number of ketones is 1. The summed E-state index contributed by atoms with van der Waals surface area (Å²) in [6.45, 7) is 2.64. The molecule has 0 unspecified atom stereocenters. The van der Waals surface area contributed by atoms with Crippen molar-refractivity contribution in [1.82, 2.24) is 0 Å². The number of benzene rings is 1. The molecule has 1 aromatic carbocycles. The summed E-state index contributed by atoms with van der Waals surface area (Å²) >= 11 is 0. The average molecular weight is 197 g/mol. The second kappa shape index (κ2) is 3.53. The fraction of sp³-hybridized carbons (Fsp3) is 0.222. The monoisotopic (exact) mass is 197 g/mol. The van der Waals surface area contributed by atoms with Crippen LogP contribution in [0.15, 0.2) is 12.1 Å². The summed E-state index contributed by atoms with van der Waals surface area (Å²) in [5.41, 5.74) is -0.377. The van der Waals surface area contributed by atoms with Crippen LogP contribution < -0.4 is 0 Å². The molecule has 0 N–H and O–H groups in total. The van der Waals surface area contributed by atoms with Gasteiger partial charge in [-0.05, 0) is 26.0 Å². The van der Waals surface area contributed by atoms with E-state index in [1.54, 1.807) is 0 Å². The minimum atomic E-state index is -0.919. The van der Waals surface area contributed by atoms with Gasteiger partial charge in [0.2, 0.25) is 5.82 Å². The molecule has 0 amide bonds. The van der Waals surface area contributed by atoms with Crippen molar-refractivity contribution in [2.24, 2.45) is 0 Å². The van der Waals surface area contributed by atoms with Crippen LogP contribution in [-0.2, 0) is 0 Å². The van der Waals surface area contributed by atoms with E-state index in [9.17, 15) is 19.3 Å². The lowest BCUT2D eigenvalue weighted by Gasteiger charge is -2.02. The molecule has 0 aliphatic rings. The molecule has 14 heavy (non-hydrogen) atoms. The van der Waals surface area contributed by atoms with Crippen molar-refractivity contribution in [1.29, 1.82) is 0 Å². The van der Waals surface area contributed by atoms with Crippen molar-refractivity contribution in [3.63, 3.8) is 0 Å². The van der Waals surface area contributed by atoms with Gasteiger partial charge in [-0.3, -0.25) is 14.9 Å². The van der Waals surface area contributed by atoms with Gasteiger partial charge in [-0.15, -0.1) is 0 Å². The highest BCUT2D eigenvalue weighted by Gasteiger charge is 2.21. The predicted octanol–water partition coefficient (Wildman–Crippen LogP) is 2.24. The Bertz CT molecular complexity index is 415. The van der Waals surface area contributed by atoms with E-state index in [0.717, 1.165) is 6.07 Å². The highest BCUT2D eigenvalue weighted by atomic mass is 19.1. The van der Waals surface area contributed by atoms with Gasteiger partial charge in [0.25, 0.3) is 0 Å². The summed E-state index contributed by atoms with van der Waals surface area (Å²) in [4.78, 5) is 20.7. The smallest absolute Gasteiger partial charge is 0.294 e. The van der Waals surface area contributed by atoms with Gasteiger partial charge in [0.1, 0.15) is 0 Å². The Labute approximate surface area is 79.5 Å². The third-order valence-corrected chi connectivity index (χ3v) is 1.94. The third-order valence-electron chi connectivity index (χ3n) is 1.94. The molecule has 0 aliphatic carbocycles. The Balaban J connectivity index is 3.49. The van der Waals surface area contributed by atoms with E-state index in [4.69, 9.17) is 0 Å². The molecule has 0 saturated carbocycles. The summed E-state index contributed by atoms with van der Waals surface area (Å²) in [5, 5.41) is 10.5. The van der Waals surface area contributed by atoms with Gasteiger partial charge in [0, 0.05) is 11.1 Å². The van der Waals surface area contributed by atoms with E-state index in [0.29, 0.717) is 0 Å². The molecule has 4 nitrogen and oxygen atoms in total.